The van der Waals surface area contributed by atoms with Crippen LogP contribution >= 0.6 is 0 Å². The topological polar surface area (TPSA) is 52.8 Å². The highest BCUT2D eigenvalue weighted by Gasteiger charge is 2.39. The maximum absolute atomic E-state index is 12.0. The van der Waals surface area contributed by atoms with Crippen molar-refractivity contribution in [3.63, 3.8) is 0 Å². The number of carbonyl (C=O) groups excluding carboxylic acids is 1. The number of hydrogen-bond donors (Lipinski definition) is 0. The minimum absolute atomic E-state index is 0.396. The zero-order valence-corrected chi connectivity index (χ0v) is 11.9. The fourth-order valence-electron chi connectivity index (χ4n) is 2.42. The van der Waals surface area contributed by atoms with E-state index in [-0.39, 0.29) is 0 Å². The van der Waals surface area contributed by atoms with Gasteiger partial charge >= 0.3 is 5.97 Å². The molecule has 5 nitrogen and oxygen atoms in total. The molecule has 2 heterocycles. The predicted molar refractivity (Wildman–Crippen MR) is 78.0 cm³/mol. The van der Waals surface area contributed by atoms with Gasteiger partial charge in [-0.25, -0.2) is 9.79 Å². The van der Waals surface area contributed by atoms with E-state index in [1.165, 1.54) is 7.11 Å². The van der Waals surface area contributed by atoms with E-state index in [2.05, 4.69) is 4.99 Å². The molecule has 1 aromatic heterocycles. The van der Waals surface area contributed by atoms with Crippen molar-refractivity contribution in [2.24, 2.45) is 12.0 Å². The Kier molecular flexibility index (Phi) is 3.48. The fourth-order valence-corrected chi connectivity index (χ4v) is 2.42. The molecule has 1 aliphatic heterocycles. The Morgan fingerprint density at radius 1 is 1.24 bits per heavy atom. The van der Waals surface area contributed by atoms with Gasteiger partial charge in [0.05, 0.1) is 12.8 Å². The van der Waals surface area contributed by atoms with Gasteiger partial charge in [-0.05, 0) is 24.3 Å². The molecule has 0 fully saturated rings. The summed E-state index contributed by atoms with van der Waals surface area (Å²) in [6, 6.07) is 12.7. The number of hydrogen-bond acceptors (Lipinski definition) is 4. The molecule has 1 aliphatic rings. The average molecular weight is 284 g/mol. The van der Waals surface area contributed by atoms with Crippen molar-refractivity contribution >= 4 is 11.9 Å². The molecular formula is C16H16N2O3. The second kappa shape index (κ2) is 5.44. The number of rotatable bonds is 3. The quantitative estimate of drug-likeness (QED) is 0.811. The van der Waals surface area contributed by atoms with Gasteiger partial charge in [-0.2, -0.15) is 0 Å². The van der Waals surface area contributed by atoms with Crippen LogP contribution in [0.3, 0.4) is 0 Å². The van der Waals surface area contributed by atoms with Gasteiger partial charge in [-0.15, -0.1) is 0 Å². The number of aryl methyl sites for hydroxylation is 1. The summed E-state index contributed by atoms with van der Waals surface area (Å²) >= 11 is 0. The lowest BCUT2D eigenvalue weighted by atomic mass is 10.1. The summed E-state index contributed by atoms with van der Waals surface area (Å²) in [4.78, 5) is 16.4. The van der Waals surface area contributed by atoms with Crippen LogP contribution in [0.4, 0.5) is 0 Å². The van der Waals surface area contributed by atoms with Crippen LogP contribution in [0.5, 0.6) is 0 Å². The zero-order valence-electron chi connectivity index (χ0n) is 11.9. The van der Waals surface area contributed by atoms with Crippen molar-refractivity contribution < 1.29 is 14.3 Å². The van der Waals surface area contributed by atoms with Crippen molar-refractivity contribution in [3.05, 3.63) is 59.9 Å². The summed E-state index contributed by atoms with van der Waals surface area (Å²) < 4.78 is 12.7. The molecule has 1 aromatic carbocycles. The van der Waals surface area contributed by atoms with Crippen LogP contribution < -0.4 is 0 Å². The number of carbonyl (C=O) groups is 1. The van der Waals surface area contributed by atoms with Crippen molar-refractivity contribution in [2.75, 3.05) is 7.11 Å². The molecule has 2 aromatic rings. The van der Waals surface area contributed by atoms with E-state index in [1.807, 2.05) is 60.3 Å². The number of nitrogens with zero attached hydrogens (tertiary/aromatic N) is 2. The molecule has 0 spiro atoms. The Labute approximate surface area is 122 Å². The first-order chi connectivity index (χ1) is 10.2. The Bertz CT molecular complexity index is 676. The average Bonchev–Trinajstić information content (AvgIpc) is 3.13. The van der Waals surface area contributed by atoms with Crippen molar-refractivity contribution in [3.8, 4) is 0 Å². The highest BCUT2D eigenvalue weighted by atomic mass is 16.5. The van der Waals surface area contributed by atoms with Crippen LogP contribution in [0.1, 0.15) is 17.4 Å². The highest BCUT2D eigenvalue weighted by Crippen LogP contribution is 2.31. The number of methoxy groups -OCH3 is 1. The number of aliphatic imine (C=N–C) groups is 1. The molecular weight excluding hydrogens is 268 g/mol. The minimum atomic E-state index is -0.682. The van der Waals surface area contributed by atoms with Gasteiger partial charge in [0, 0.05) is 18.8 Å². The molecule has 0 radical (unpaired) electrons. The molecule has 108 valence electrons. The van der Waals surface area contributed by atoms with E-state index in [0.29, 0.717) is 5.90 Å². The molecule has 5 heteroatoms. The van der Waals surface area contributed by atoms with Gasteiger partial charge in [-0.1, -0.05) is 18.2 Å². The van der Waals surface area contributed by atoms with Crippen LogP contribution in [-0.4, -0.2) is 29.6 Å². The second-order valence-electron chi connectivity index (χ2n) is 4.85. The third-order valence-electron chi connectivity index (χ3n) is 3.52. The smallest absolute Gasteiger partial charge is 0.335 e. The Balaban J connectivity index is 1.96. The summed E-state index contributed by atoms with van der Waals surface area (Å²) in [6.45, 7) is 0. The molecule has 0 bridgehead atoms. The van der Waals surface area contributed by atoms with Gasteiger partial charge in [0.2, 0.25) is 5.90 Å². The van der Waals surface area contributed by atoms with Gasteiger partial charge in [0.1, 0.15) is 0 Å². The molecule has 21 heavy (non-hydrogen) atoms. The van der Waals surface area contributed by atoms with Gasteiger partial charge in [0.15, 0.2) is 12.1 Å². The lowest BCUT2D eigenvalue weighted by Crippen LogP contribution is -2.26. The van der Waals surface area contributed by atoms with E-state index < -0.39 is 18.1 Å². The third kappa shape index (κ3) is 2.42. The normalized spacial score (nSPS) is 20.8. The molecule has 0 saturated carbocycles. The Morgan fingerprint density at radius 2 is 2.00 bits per heavy atom. The molecule has 0 aliphatic carbocycles. The first kappa shape index (κ1) is 13.4. The minimum Gasteiger partial charge on any atom is -0.467 e. The van der Waals surface area contributed by atoms with E-state index in [4.69, 9.17) is 9.47 Å². The zero-order chi connectivity index (χ0) is 14.8. The Morgan fingerprint density at radius 3 is 2.62 bits per heavy atom. The van der Waals surface area contributed by atoms with Gasteiger partial charge < -0.3 is 14.0 Å². The molecule has 0 amide bonds. The number of esters is 1. The van der Waals surface area contributed by atoms with E-state index in [0.717, 1.165) is 11.3 Å². The monoisotopic (exact) mass is 284 g/mol. The second-order valence-corrected chi connectivity index (χ2v) is 4.85. The number of ether oxygens (including phenoxy) is 2. The third-order valence-corrected chi connectivity index (χ3v) is 3.52. The molecule has 0 N–H and O–H groups in total. The van der Waals surface area contributed by atoms with Gasteiger partial charge in [-0.3, -0.25) is 0 Å². The van der Waals surface area contributed by atoms with Crippen molar-refractivity contribution in [1.82, 2.24) is 4.57 Å². The lowest BCUT2D eigenvalue weighted by molar-refractivity contribution is -0.143. The largest absolute Gasteiger partial charge is 0.467 e. The fraction of sp³-hybridized carbons (Fsp3) is 0.250. The van der Waals surface area contributed by atoms with Gasteiger partial charge in [0.25, 0.3) is 0 Å². The molecule has 2 atom stereocenters. The van der Waals surface area contributed by atoms with Crippen LogP contribution in [0.15, 0.2) is 53.7 Å². The highest BCUT2D eigenvalue weighted by molar-refractivity contribution is 5.98. The molecule has 2 unspecified atom stereocenters. The number of benzene rings is 1. The van der Waals surface area contributed by atoms with Crippen molar-refractivity contribution in [2.45, 2.75) is 12.1 Å². The standard InChI is InChI=1S/C16H16N2O3/c1-18-10-6-9-12(18)14-13(16(19)20-2)17-15(21-14)11-7-4-3-5-8-11/h3-10,13-14H,1-2H3. The Hall–Kier alpha value is -2.56. The van der Waals surface area contributed by atoms with Crippen LogP contribution in [-0.2, 0) is 21.3 Å². The first-order valence-corrected chi connectivity index (χ1v) is 6.69. The maximum Gasteiger partial charge on any atom is 0.335 e. The molecule has 0 saturated heterocycles. The predicted octanol–water partition coefficient (Wildman–Crippen LogP) is 2.08. The first-order valence-electron chi connectivity index (χ1n) is 6.69. The summed E-state index contributed by atoms with van der Waals surface area (Å²) in [5.41, 5.74) is 1.74. The van der Waals surface area contributed by atoms with E-state index >= 15 is 0 Å². The van der Waals surface area contributed by atoms with E-state index in [1.54, 1.807) is 0 Å². The van der Waals surface area contributed by atoms with Crippen LogP contribution in [0, 0.1) is 0 Å². The number of aromatic nitrogens is 1. The van der Waals surface area contributed by atoms with E-state index in [9.17, 15) is 4.79 Å². The summed E-state index contributed by atoms with van der Waals surface area (Å²) in [7, 11) is 3.27. The maximum atomic E-state index is 12.0. The SMILES string of the molecule is COC(=O)C1N=C(c2ccccc2)OC1c1cccn1C. The van der Waals surface area contributed by atoms with Crippen LogP contribution in [0.25, 0.3) is 0 Å². The summed E-state index contributed by atoms with van der Waals surface area (Å²) in [6.07, 6.45) is 1.45. The summed E-state index contributed by atoms with van der Waals surface area (Å²) in [5.74, 6) is 0.0735. The summed E-state index contributed by atoms with van der Waals surface area (Å²) in [5, 5.41) is 0. The lowest BCUT2D eigenvalue weighted by Gasteiger charge is -2.17. The van der Waals surface area contributed by atoms with Crippen molar-refractivity contribution in [1.29, 1.82) is 0 Å². The molecule has 3 rings (SSSR count). The van der Waals surface area contributed by atoms with Crippen LogP contribution in [0.2, 0.25) is 0 Å².